The summed E-state index contributed by atoms with van der Waals surface area (Å²) < 4.78 is 31.5. The van der Waals surface area contributed by atoms with Gasteiger partial charge in [0.05, 0.1) is 22.8 Å². The molecule has 1 aromatic carbocycles. The number of H-pyrrole nitrogens is 1. The summed E-state index contributed by atoms with van der Waals surface area (Å²) in [5.74, 6) is -3.13. The summed E-state index contributed by atoms with van der Waals surface area (Å²) in [4.78, 5) is 28.1. The Kier molecular flexibility index (Phi) is 5.17. The van der Waals surface area contributed by atoms with Crippen LogP contribution in [0.1, 0.15) is 32.3 Å². The van der Waals surface area contributed by atoms with Crippen molar-refractivity contribution in [1.29, 1.82) is 0 Å². The molecule has 140 valence electrons. The van der Waals surface area contributed by atoms with E-state index in [9.17, 15) is 18.4 Å². The van der Waals surface area contributed by atoms with Crippen molar-refractivity contribution in [2.75, 3.05) is 5.32 Å². The topological polar surface area (TPSA) is 113 Å². The SMILES string of the molecule is Cc1ncoc1CNC(=O)c1cc(NC(=O)c2cc(F)c(F)cc2Cl)[nH]n1. The van der Waals surface area contributed by atoms with Crippen LogP contribution < -0.4 is 10.6 Å². The number of hydrogen-bond donors (Lipinski definition) is 3. The standard InChI is InChI=1S/C16H12ClF2N5O3/c1-7-13(27-6-21-7)5-20-16(26)12-4-14(24-23-12)22-15(25)8-2-10(18)11(19)3-9(8)17/h2-4,6H,5H2,1H3,(H,20,26)(H2,22,23,24,25). The average Bonchev–Trinajstić information content (AvgIpc) is 3.25. The molecule has 11 heteroatoms. The molecule has 2 heterocycles. The van der Waals surface area contributed by atoms with Crippen molar-refractivity contribution in [3.63, 3.8) is 0 Å². The third kappa shape index (κ3) is 4.11. The summed E-state index contributed by atoms with van der Waals surface area (Å²) in [6.07, 6.45) is 1.27. The normalized spacial score (nSPS) is 10.7. The Labute approximate surface area is 155 Å². The number of anilines is 1. The third-order valence-electron chi connectivity index (χ3n) is 3.57. The van der Waals surface area contributed by atoms with E-state index in [2.05, 4.69) is 25.8 Å². The van der Waals surface area contributed by atoms with Gasteiger partial charge in [-0.2, -0.15) is 5.10 Å². The fourth-order valence-corrected chi connectivity index (χ4v) is 2.37. The summed E-state index contributed by atoms with van der Waals surface area (Å²) in [5, 5.41) is 10.9. The highest BCUT2D eigenvalue weighted by atomic mass is 35.5. The minimum Gasteiger partial charge on any atom is -0.446 e. The number of aromatic amines is 1. The smallest absolute Gasteiger partial charge is 0.272 e. The number of nitrogens with zero attached hydrogens (tertiary/aromatic N) is 2. The largest absolute Gasteiger partial charge is 0.446 e. The second-order valence-corrected chi connectivity index (χ2v) is 5.82. The molecule has 0 aliphatic heterocycles. The molecular weight excluding hydrogens is 384 g/mol. The van der Waals surface area contributed by atoms with Gasteiger partial charge in [0.15, 0.2) is 23.7 Å². The molecule has 0 radical (unpaired) electrons. The summed E-state index contributed by atoms with van der Waals surface area (Å²) >= 11 is 5.75. The molecule has 3 rings (SSSR count). The Morgan fingerprint density at radius 3 is 2.67 bits per heavy atom. The minimum atomic E-state index is -1.21. The molecule has 8 nitrogen and oxygen atoms in total. The van der Waals surface area contributed by atoms with Gasteiger partial charge in [0.1, 0.15) is 11.6 Å². The van der Waals surface area contributed by atoms with E-state index in [1.54, 1.807) is 6.92 Å². The van der Waals surface area contributed by atoms with E-state index in [1.165, 1.54) is 12.5 Å². The van der Waals surface area contributed by atoms with Crippen LogP contribution in [-0.2, 0) is 6.54 Å². The molecule has 0 fully saturated rings. The van der Waals surface area contributed by atoms with Crippen molar-refractivity contribution in [3.8, 4) is 0 Å². The molecule has 27 heavy (non-hydrogen) atoms. The highest BCUT2D eigenvalue weighted by molar-refractivity contribution is 6.34. The molecule has 0 saturated heterocycles. The first-order chi connectivity index (χ1) is 12.8. The fraction of sp³-hybridized carbons (Fsp3) is 0.125. The predicted molar refractivity (Wildman–Crippen MR) is 90.3 cm³/mol. The van der Waals surface area contributed by atoms with Crippen LogP contribution in [0.2, 0.25) is 5.02 Å². The molecule has 2 aromatic heterocycles. The Hall–Kier alpha value is -3.27. The molecule has 2 amide bonds. The molecule has 0 bridgehead atoms. The summed E-state index contributed by atoms with van der Waals surface area (Å²) in [7, 11) is 0. The first kappa shape index (κ1) is 18.5. The lowest BCUT2D eigenvalue weighted by atomic mass is 10.2. The van der Waals surface area contributed by atoms with Crippen molar-refractivity contribution in [3.05, 3.63) is 64.0 Å². The predicted octanol–water partition coefficient (Wildman–Crippen LogP) is 2.82. The maximum Gasteiger partial charge on any atom is 0.272 e. The molecular formula is C16H12ClF2N5O3. The number of aryl methyl sites for hydroxylation is 1. The molecule has 0 saturated carbocycles. The van der Waals surface area contributed by atoms with Crippen LogP contribution in [0.5, 0.6) is 0 Å². The molecule has 0 spiro atoms. The van der Waals surface area contributed by atoms with Gasteiger partial charge in [-0.15, -0.1) is 0 Å². The Balaban J connectivity index is 1.65. The zero-order valence-electron chi connectivity index (χ0n) is 13.8. The number of aromatic nitrogens is 3. The molecule has 0 atom stereocenters. The monoisotopic (exact) mass is 395 g/mol. The number of nitrogens with one attached hydrogen (secondary N) is 3. The lowest BCUT2D eigenvalue weighted by Crippen LogP contribution is -2.23. The van der Waals surface area contributed by atoms with E-state index in [-0.39, 0.29) is 28.6 Å². The van der Waals surface area contributed by atoms with Crippen LogP contribution >= 0.6 is 11.6 Å². The molecule has 0 unspecified atom stereocenters. The van der Waals surface area contributed by atoms with Crippen LogP contribution in [0.25, 0.3) is 0 Å². The van der Waals surface area contributed by atoms with Gasteiger partial charge in [-0.25, -0.2) is 13.8 Å². The second-order valence-electron chi connectivity index (χ2n) is 5.41. The van der Waals surface area contributed by atoms with Crippen LogP contribution in [0.4, 0.5) is 14.6 Å². The van der Waals surface area contributed by atoms with Crippen molar-refractivity contribution in [2.24, 2.45) is 0 Å². The van der Waals surface area contributed by atoms with E-state index < -0.39 is 23.4 Å². The lowest BCUT2D eigenvalue weighted by Gasteiger charge is -2.05. The highest BCUT2D eigenvalue weighted by Gasteiger charge is 2.17. The number of carbonyl (C=O) groups is 2. The van der Waals surface area contributed by atoms with E-state index >= 15 is 0 Å². The zero-order chi connectivity index (χ0) is 19.6. The Bertz CT molecular complexity index is 1020. The zero-order valence-corrected chi connectivity index (χ0v) is 14.5. The van der Waals surface area contributed by atoms with Crippen LogP contribution in [0.3, 0.4) is 0 Å². The van der Waals surface area contributed by atoms with E-state index in [4.69, 9.17) is 16.0 Å². The first-order valence-corrected chi connectivity index (χ1v) is 7.91. The lowest BCUT2D eigenvalue weighted by molar-refractivity contribution is 0.0942. The van der Waals surface area contributed by atoms with E-state index in [0.29, 0.717) is 23.6 Å². The summed E-state index contributed by atoms with van der Waals surface area (Å²) in [6.45, 7) is 1.85. The number of hydrogen-bond acceptors (Lipinski definition) is 5. The van der Waals surface area contributed by atoms with Gasteiger partial charge in [-0.05, 0) is 19.1 Å². The van der Waals surface area contributed by atoms with Gasteiger partial charge < -0.3 is 15.1 Å². The highest BCUT2D eigenvalue weighted by Crippen LogP contribution is 2.21. The van der Waals surface area contributed by atoms with Crippen LogP contribution in [0.15, 0.2) is 29.0 Å². The summed E-state index contributed by atoms with van der Waals surface area (Å²) in [6, 6.07) is 2.65. The third-order valence-corrected chi connectivity index (χ3v) is 3.88. The average molecular weight is 396 g/mol. The molecule has 0 aliphatic rings. The number of benzene rings is 1. The first-order valence-electron chi connectivity index (χ1n) is 7.53. The Morgan fingerprint density at radius 2 is 1.96 bits per heavy atom. The minimum absolute atomic E-state index is 0.00106. The molecule has 0 aliphatic carbocycles. The number of rotatable bonds is 5. The van der Waals surface area contributed by atoms with Crippen molar-refractivity contribution in [2.45, 2.75) is 13.5 Å². The van der Waals surface area contributed by atoms with Gasteiger partial charge in [0, 0.05) is 6.07 Å². The van der Waals surface area contributed by atoms with Gasteiger partial charge in [-0.3, -0.25) is 14.7 Å². The van der Waals surface area contributed by atoms with Gasteiger partial charge in [0.2, 0.25) is 0 Å². The maximum atomic E-state index is 13.3. The van der Waals surface area contributed by atoms with E-state index in [0.717, 1.165) is 0 Å². The molecule has 3 aromatic rings. The van der Waals surface area contributed by atoms with Crippen molar-refractivity contribution < 1.29 is 22.8 Å². The Morgan fingerprint density at radius 1 is 1.22 bits per heavy atom. The number of amides is 2. The van der Waals surface area contributed by atoms with E-state index in [1.807, 2.05) is 0 Å². The van der Waals surface area contributed by atoms with Gasteiger partial charge >= 0.3 is 0 Å². The quantitative estimate of drug-likeness (QED) is 0.575. The number of carbonyl (C=O) groups excluding carboxylic acids is 2. The van der Waals surface area contributed by atoms with Crippen LogP contribution in [0, 0.1) is 18.6 Å². The van der Waals surface area contributed by atoms with Crippen molar-refractivity contribution >= 4 is 29.2 Å². The number of halogens is 3. The molecule has 3 N–H and O–H groups in total. The van der Waals surface area contributed by atoms with Gasteiger partial charge in [-0.1, -0.05) is 11.6 Å². The maximum absolute atomic E-state index is 13.3. The van der Waals surface area contributed by atoms with Crippen LogP contribution in [-0.4, -0.2) is 27.0 Å². The van der Waals surface area contributed by atoms with Gasteiger partial charge in [0.25, 0.3) is 11.8 Å². The second kappa shape index (κ2) is 7.54. The summed E-state index contributed by atoms with van der Waals surface area (Å²) in [5.41, 5.74) is 0.379. The van der Waals surface area contributed by atoms with Crippen molar-refractivity contribution in [1.82, 2.24) is 20.5 Å². The number of oxazole rings is 1. The fourth-order valence-electron chi connectivity index (χ4n) is 2.14.